The molecule has 124 valence electrons. The van der Waals surface area contributed by atoms with Crippen molar-refractivity contribution in [2.24, 2.45) is 0 Å². The van der Waals surface area contributed by atoms with E-state index in [0.717, 1.165) is 5.56 Å². The molecule has 0 atom stereocenters. The number of nitrogens with zero attached hydrogens (tertiary/aromatic N) is 4. The normalized spacial score (nSPS) is 11.9. The lowest BCUT2D eigenvalue weighted by Gasteiger charge is -2.11. The fourth-order valence-corrected chi connectivity index (χ4v) is 4.25. The number of aliphatic hydroxyl groups excluding tert-OH is 1. The number of aryl methyl sites for hydroxylation is 3. The predicted molar refractivity (Wildman–Crippen MR) is 75.7 cm³/mol. The van der Waals surface area contributed by atoms with Crippen molar-refractivity contribution >= 4 is 9.84 Å². The van der Waals surface area contributed by atoms with Crippen molar-refractivity contribution in [2.75, 3.05) is 0 Å². The monoisotopic (exact) mass is 342 g/mol. The average Bonchev–Trinajstić information content (AvgIpc) is 2.82. The number of hydrogen-bond donors (Lipinski definition) is 2. The molecule has 1 aromatic heterocycles. The molecule has 10 nitrogen and oxygen atoms in total. The zero-order valence-corrected chi connectivity index (χ0v) is 13.3. The van der Waals surface area contributed by atoms with Gasteiger partial charge in [-0.2, -0.15) is 0 Å². The first-order valence-corrected chi connectivity index (χ1v) is 7.85. The highest BCUT2D eigenvalue weighted by atomic mass is 32.2. The van der Waals surface area contributed by atoms with Crippen LogP contribution in [0.1, 0.15) is 28.7 Å². The molecule has 2 rings (SSSR count). The number of hydrogen-bond acceptors (Lipinski definition) is 8. The van der Waals surface area contributed by atoms with E-state index in [0.29, 0.717) is 11.1 Å². The molecule has 2 N–H and O–H groups in total. The summed E-state index contributed by atoms with van der Waals surface area (Å²) in [5.74, 6) is 0. The number of benzene rings is 1. The van der Waals surface area contributed by atoms with Gasteiger partial charge in [-0.1, -0.05) is 17.7 Å². The highest BCUT2D eigenvalue weighted by Gasteiger charge is 2.37. The summed E-state index contributed by atoms with van der Waals surface area (Å²) in [7, 11) is -4.32. The van der Waals surface area contributed by atoms with Gasteiger partial charge in [0.25, 0.3) is 0 Å². The Bertz CT molecular complexity index is 864. The molecule has 0 radical (unpaired) electrons. The average molecular weight is 342 g/mol. The maximum Gasteiger partial charge on any atom is 0.242 e. The van der Waals surface area contributed by atoms with Crippen molar-refractivity contribution < 1.29 is 23.7 Å². The Morgan fingerprint density at radius 1 is 1.22 bits per heavy atom. The minimum Gasteiger partial charge on any atom is -0.363 e. The molecule has 0 spiro atoms. The van der Waals surface area contributed by atoms with Crippen molar-refractivity contribution in [1.82, 2.24) is 15.1 Å². The third kappa shape index (κ3) is 2.81. The van der Waals surface area contributed by atoms with Gasteiger partial charge >= 0.3 is 0 Å². The Hall–Kier alpha value is -2.37. The van der Waals surface area contributed by atoms with Gasteiger partial charge in [0.05, 0.1) is 14.7 Å². The fraction of sp³-hybridized carbons (Fsp3) is 0.333. The molecular weight excluding hydrogens is 328 g/mol. The molecular formula is C12H14N4O6S. The number of rotatable bonds is 4. The molecule has 0 amide bonds. The summed E-state index contributed by atoms with van der Waals surface area (Å²) in [6, 6.07) is 3.26. The zero-order chi connectivity index (χ0) is 17.5. The largest absolute Gasteiger partial charge is 0.363 e. The van der Waals surface area contributed by atoms with Crippen molar-refractivity contribution in [2.45, 2.75) is 37.0 Å². The van der Waals surface area contributed by atoms with E-state index in [2.05, 4.69) is 10.3 Å². The van der Waals surface area contributed by atoms with Crippen LogP contribution in [0.25, 0.3) is 0 Å². The molecule has 0 aliphatic heterocycles. The van der Waals surface area contributed by atoms with Crippen molar-refractivity contribution in [3.8, 4) is 0 Å². The van der Waals surface area contributed by atoms with E-state index >= 15 is 0 Å². The molecule has 23 heavy (non-hydrogen) atoms. The predicted octanol–water partition coefficient (Wildman–Crippen LogP) is 0.0592. The quantitative estimate of drug-likeness (QED) is 0.450. The van der Waals surface area contributed by atoms with Gasteiger partial charge in [-0.15, -0.1) is 0 Å². The van der Waals surface area contributed by atoms with E-state index in [1.165, 1.54) is 0 Å². The van der Waals surface area contributed by atoms with Gasteiger partial charge in [0.2, 0.25) is 26.8 Å². The SMILES string of the molecule is Cc1cc(C)c(S(=O)(=O)c2nnn([N+](=O)[O-])c2C(O)O)c(C)c1. The zero-order valence-electron chi connectivity index (χ0n) is 12.5. The van der Waals surface area contributed by atoms with Gasteiger partial charge in [0.1, 0.15) is 0 Å². The van der Waals surface area contributed by atoms with Gasteiger partial charge in [0.15, 0.2) is 5.21 Å². The summed E-state index contributed by atoms with van der Waals surface area (Å²) < 4.78 is 25.6. The van der Waals surface area contributed by atoms with Crippen molar-refractivity contribution in [3.63, 3.8) is 0 Å². The molecule has 0 saturated heterocycles. The first-order chi connectivity index (χ1) is 10.6. The number of nitro groups is 1. The lowest BCUT2D eigenvalue weighted by Crippen LogP contribution is -2.19. The maximum absolute atomic E-state index is 12.8. The second-order valence-corrected chi connectivity index (χ2v) is 6.81. The second kappa shape index (κ2) is 5.68. The smallest absolute Gasteiger partial charge is 0.242 e. The van der Waals surface area contributed by atoms with Crippen LogP contribution in [-0.4, -0.2) is 38.8 Å². The summed E-state index contributed by atoms with van der Waals surface area (Å²) in [4.78, 5) is 10.7. The highest BCUT2D eigenvalue weighted by Crippen LogP contribution is 2.30. The Labute approximate surface area is 131 Å². The minimum absolute atomic E-state index is 0.0730. The van der Waals surface area contributed by atoms with Crippen LogP contribution in [-0.2, 0) is 9.84 Å². The van der Waals surface area contributed by atoms with Crippen LogP contribution < -0.4 is 0 Å². The van der Waals surface area contributed by atoms with Crippen molar-refractivity contribution in [3.05, 3.63) is 44.6 Å². The number of aromatic nitrogens is 3. The fourth-order valence-electron chi connectivity index (χ4n) is 2.48. The Kier molecular flexibility index (Phi) is 4.20. The second-order valence-electron chi connectivity index (χ2n) is 5.01. The first kappa shape index (κ1) is 17.0. The van der Waals surface area contributed by atoms with Crippen LogP contribution >= 0.6 is 0 Å². The van der Waals surface area contributed by atoms with Gasteiger partial charge in [-0.3, -0.25) is 0 Å². The molecule has 0 aliphatic carbocycles. The van der Waals surface area contributed by atoms with Crippen LogP contribution in [0.15, 0.2) is 22.1 Å². The molecule has 0 aliphatic rings. The van der Waals surface area contributed by atoms with Crippen LogP contribution in [0.4, 0.5) is 0 Å². The molecule has 0 fully saturated rings. The van der Waals surface area contributed by atoms with E-state index in [-0.39, 0.29) is 9.69 Å². The summed E-state index contributed by atoms with van der Waals surface area (Å²) in [6.07, 6.45) is -2.42. The van der Waals surface area contributed by atoms with Gasteiger partial charge < -0.3 is 20.3 Å². The van der Waals surface area contributed by atoms with Crippen LogP contribution in [0.5, 0.6) is 0 Å². The van der Waals surface area contributed by atoms with Gasteiger partial charge in [-0.05, 0) is 31.9 Å². The third-order valence-electron chi connectivity index (χ3n) is 3.18. The molecule has 0 bridgehead atoms. The van der Waals surface area contributed by atoms with Crippen molar-refractivity contribution in [1.29, 1.82) is 0 Å². The Balaban J connectivity index is 2.79. The lowest BCUT2D eigenvalue weighted by molar-refractivity contribution is -0.557. The number of sulfone groups is 1. The lowest BCUT2D eigenvalue weighted by atomic mass is 10.1. The molecule has 2 aromatic rings. The molecule has 0 saturated carbocycles. The van der Waals surface area contributed by atoms with Crippen LogP contribution in [0.2, 0.25) is 0 Å². The van der Waals surface area contributed by atoms with Gasteiger partial charge in [0, 0.05) is 5.10 Å². The Morgan fingerprint density at radius 3 is 2.17 bits per heavy atom. The van der Waals surface area contributed by atoms with E-state index < -0.39 is 31.9 Å². The Morgan fingerprint density at radius 2 is 1.74 bits per heavy atom. The van der Waals surface area contributed by atoms with Gasteiger partial charge in [-0.25, -0.2) is 8.42 Å². The highest BCUT2D eigenvalue weighted by molar-refractivity contribution is 7.91. The minimum atomic E-state index is -4.32. The summed E-state index contributed by atoms with van der Waals surface area (Å²) >= 11 is 0. The molecule has 1 aromatic carbocycles. The van der Waals surface area contributed by atoms with Crippen LogP contribution in [0.3, 0.4) is 0 Å². The third-order valence-corrected chi connectivity index (χ3v) is 5.16. The van der Waals surface area contributed by atoms with E-state index in [9.17, 15) is 28.7 Å². The number of aliphatic hydroxyl groups is 2. The van der Waals surface area contributed by atoms with E-state index in [1.54, 1.807) is 32.9 Å². The first-order valence-electron chi connectivity index (χ1n) is 6.36. The van der Waals surface area contributed by atoms with E-state index in [1.807, 2.05) is 0 Å². The standard InChI is InChI=1S/C12H14N4O6S/c1-6-4-7(2)10(8(3)5-6)23(21,22)11-9(12(17)18)15(14-13-11)16(19)20/h4-5,12,17-18H,1-3H3. The summed E-state index contributed by atoms with van der Waals surface area (Å²) in [6.45, 7) is 4.93. The molecule has 0 unspecified atom stereocenters. The summed E-state index contributed by atoms with van der Waals surface area (Å²) in [5, 5.41) is 33.8. The maximum atomic E-state index is 12.8. The molecule has 11 heteroatoms. The van der Waals surface area contributed by atoms with Crippen LogP contribution in [0, 0.1) is 30.9 Å². The topological polar surface area (TPSA) is 148 Å². The van der Waals surface area contributed by atoms with E-state index in [4.69, 9.17) is 0 Å². The molecule has 1 heterocycles. The summed E-state index contributed by atoms with van der Waals surface area (Å²) in [5.41, 5.74) is 0.748.